The number of para-hydroxylation sites is 1. The third-order valence-corrected chi connectivity index (χ3v) is 12.9. The van der Waals surface area contributed by atoms with Crippen LogP contribution in [0.3, 0.4) is 0 Å². The maximum atomic E-state index is 6.56. The molecular weight excluding hydrogens is 767 g/mol. The Morgan fingerprint density at radius 3 is 1.57 bits per heavy atom. The molecule has 294 valence electrons. The van der Waals surface area contributed by atoms with Crippen molar-refractivity contribution in [2.45, 2.75) is 0 Å². The minimum Gasteiger partial charge on any atom is -0.456 e. The van der Waals surface area contributed by atoms with Gasteiger partial charge in [-0.05, 0) is 133 Å². The highest BCUT2D eigenvalue weighted by Gasteiger charge is 2.18. The Morgan fingerprint density at radius 2 is 0.825 bits per heavy atom. The van der Waals surface area contributed by atoms with Gasteiger partial charge in [-0.2, -0.15) is 0 Å². The number of benzene rings is 11. The smallest absolute Gasteiger partial charge is 0.143 e. The van der Waals surface area contributed by atoms with Crippen molar-refractivity contribution in [3.05, 3.63) is 224 Å². The molecule has 0 amide bonds. The van der Waals surface area contributed by atoms with E-state index in [1.807, 2.05) is 12.1 Å². The minimum atomic E-state index is 0.893. The van der Waals surface area contributed by atoms with Crippen LogP contribution < -0.4 is 4.90 Å². The van der Waals surface area contributed by atoms with Gasteiger partial charge in [0.05, 0.1) is 0 Å². The summed E-state index contributed by atoms with van der Waals surface area (Å²) in [5.41, 5.74) is 13.8. The summed E-state index contributed by atoms with van der Waals surface area (Å²) < 4.78 is 12.7. The summed E-state index contributed by atoms with van der Waals surface area (Å²) in [4.78, 5) is 2.35. The molecule has 11 aromatic carbocycles. The summed E-state index contributed by atoms with van der Waals surface area (Å²) in [5.74, 6) is 0. The van der Waals surface area contributed by atoms with Gasteiger partial charge in [-0.1, -0.05) is 152 Å². The molecule has 3 nitrogen and oxygen atoms in total. The first-order valence-corrected chi connectivity index (χ1v) is 21.5. The molecule has 0 aliphatic rings. The molecule has 13 aromatic rings. The highest BCUT2D eigenvalue weighted by Crippen LogP contribution is 2.43. The van der Waals surface area contributed by atoms with Crippen LogP contribution in [0.25, 0.3) is 110 Å². The van der Waals surface area contributed by atoms with Crippen LogP contribution in [0, 0.1) is 0 Å². The molecule has 0 aliphatic heterocycles. The molecular formula is C60H37NO2. The number of fused-ring (bicyclic) bond motifs is 11. The normalized spacial score (nSPS) is 11.8. The van der Waals surface area contributed by atoms with Gasteiger partial charge in [-0.25, -0.2) is 0 Å². The average molecular weight is 804 g/mol. The molecule has 0 aliphatic carbocycles. The van der Waals surface area contributed by atoms with Gasteiger partial charge in [0.15, 0.2) is 0 Å². The van der Waals surface area contributed by atoms with Crippen molar-refractivity contribution in [1.29, 1.82) is 0 Å². The first-order valence-electron chi connectivity index (χ1n) is 21.5. The number of rotatable bonds is 6. The van der Waals surface area contributed by atoms with Crippen LogP contribution >= 0.6 is 0 Å². The molecule has 0 atom stereocenters. The number of furan rings is 2. The Hall–Kier alpha value is -8.40. The van der Waals surface area contributed by atoms with Gasteiger partial charge in [0.25, 0.3) is 0 Å². The second-order valence-electron chi connectivity index (χ2n) is 16.4. The third kappa shape index (κ3) is 5.75. The lowest BCUT2D eigenvalue weighted by atomic mass is 9.93. The molecule has 0 unspecified atom stereocenters. The van der Waals surface area contributed by atoms with Gasteiger partial charge in [-0.3, -0.25) is 0 Å². The molecule has 63 heavy (non-hydrogen) atoms. The second kappa shape index (κ2) is 14.1. The van der Waals surface area contributed by atoms with Crippen LogP contribution in [-0.4, -0.2) is 0 Å². The molecule has 2 aromatic heterocycles. The average Bonchev–Trinajstić information content (AvgIpc) is 3.93. The number of hydrogen-bond donors (Lipinski definition) is 0. The lowest BCUT2D eigenvalue weighted by Crippen LogP contribution is -2.09. The predicted octanol–water partition coefficient (Wildman–Crippen LogP) is 17.4. The molecule has 0 saturated heterocycles. The number of nitrogens with zero attached hydrogens (tertiary/aromatic N) is 1. The van der Waals surface area contributed by atoms with Crippen molar-refractivity contribution in [3.63, 3.8) is 0 Å². The minimum absolute atomic E-state index is 0.893. The Morgan fingerprint density at radius 1 is 0.270 bits per heavy atom. The fraction of sp³-hybridized carbons (Fsp3) is 0. The topological polar surface area (TPSA) is 29.5 Å². The van der Waals surface area contributed by atoms with Crippen molar-refractivity contribution < 1.29 is 8.83 Å². The van der Waals surface area contributed by atoms with Crippen LogP contribution in [0.5, 0.6) is 0 Å². The molecule has 3 heteroatoms. The lowest BCUT2D eigenvalue weighted by Gasteiger charge is -2.26. The van der Waals surface area contributed by atoms with E-state index in [2.05, 4.69) is 217 Å². The SMILES string of the molecule is c1ccc2c(c1)cc(-c1ccc(N(c3ccc(-c4ccc5oc6ccccc6c5c4)cc3)c3ccc(-c4cccc5oc6c7ccccc7ccc6c45)cc3)cc1)c1ccccc12. The van der Waals surface area contributed by atoms with E-state index in [0.717, 1.165) is 88.6 Å². The van der Waals surface area contributed by atoms with E-state index >= 15 is 0 Å². The predicted molar refractivity (Wildman–Crippen MR) is 265 cm³/mol. The van der Waals surface area contributed by atoms with E-state index in [4.69, 9.17) is 8.83 Å². The zero-order valence-electron chi connectivity index (χ0n) is 34.1. The van der Waals surface area contributed by atoms with Gasteiger partial charge < -0.3 is 13.7 Å². The molecule has 0 fully saturated rings. The number of hydrogen-bond acceptors (Lipinski definition) is 3. The zero-order valence-corrected chi connectivity index (χ0v) is 34.1. The van der Waals surface area contributed by atoms with E-state index in [1.54, 1.807) is 0 Å². The van der Waals surface area contributed by atoms with E-state index < -0.39 is 0 Å². The van der Waals surface area contributed by atoms with Crippen LogP contribution in [0.4, 0.5) is 17.1 Å². The van der Waals surface area contributed by atoms with Crippen LogP contribution in [0.15, 0.2) is 233 Å². The first kappa shape index (κ1) is 35.4. The van der Waals surface area contributed by atoms with Gasteiger partial charge in [0.1, 0.15) is 22.3 Å². The highest BCUT2D eigenvalue weighted by atomic mass is 16.3. The third-order valence-electron chi connectivity index (χ3n) is 12.9. The second-order valence-corrected chi connectivity index (χ2v) is 16.4. The van der Waals surface area contributed by atoms with Crippen molar-refractivity contribution in [2.24, 2.45) is 0 Å². The van der Waals surface area contributed by atoms with Crippen molar-refractivity contribution in [2.75, 3.05) is 4.90 Å². The van der Waals surface area contributed by atoms with Gasteiger partial charge >= 0.3 is 0 Å². The summed E-state index contributed by atoms with van der Waals surface area (Å²) in [6.45, 7) is 0. The summed E-state index contributed by atoms with van der Waals surface area (Å²) in [5, 5.41) is 11.9. The maximum absolute atomic E-state index is 6.56. The van der Waals surface area contributed by atoms with Crippen LogP contribution in [0.1, 0.15) is 0 Å². The Bertz CT molecular complexity index is 3890. The molecule has 0 saturated carbocycles. The monoisotopic (exact) mass is 803 g/mol. The van der Waals surface area contributed by atoms with Crippen LogP contribution in [0.2, 0.25) is 0 Å². The zero-order chi connectivity index (χ0) is 41.4. The molecule has 0 bridgehead atoms. The molecule has 0 N–H and O–H groups in total. The van der Waals surface area contributed by atoms with E-state index in [1.165, 1.54) is 38.1 Å². The molecule has 13 rings (SSSR count). The molecule has 2 heterocycles. The van der Waals surface area contributed by atoms with E-state index in [-0.39, 0.29) is 0 Å². The fourth-order valence-electron chi connectivity index (χ4n) is 9.82. The fourth-order valence-corrected chi connectivity index (χ4v) is 9.82. The van der Waals surface area contributed by atoms with Gasteiger partial charge in [0, 0.05) is 44.0 Å². The standard InChI is InChI=1S/C60H37NO2/c1-4-13-49-39(10-1)26-34-53-59-48(17-9-19-58(59)63-60(49)53)40-22-30-45(31-23-40)61(44-28-20-38(21-29-44)42-27-35-57-55(36-42)52-16-7-8-18-56(52)62-57)46-32-24-41(25-33-46)54-37-43-11-2-3-12-47(43)50-14-5-6-15-51(50)54/h1-37H. The van der Waals surface area contributed by atoms with Gasteiger partial charge in [-0.15, -0.1) is 0 Å². The number of anilines is 3. The van der Waals surface area contributed by atoms with Crippen molar-refractivity contribution in [1.82, 2.24) is 0 Å². The lowest BCUT2D eigenvalue weighted by molar-refractivity contribution is 0.669. The summed E-state index contributed by atoms with van der Waals surface area (Å²) in [6, 6.07) is 80.6. The Balaban J connectivity index is 0.917. The maximum Gasteiger partial charge on any atom is 0.143 e. The highest BCUT2D eigenvalue weighted by molar-refractivity contribution is 6.19. The largest absolute Gasteiger partial charge is 0.456 e. The Kier molecular flexibility index (Phi) is 7.91. The quantitative estimate of drug-likeness (QED) is 0.157. The van der Waals surface area contributed by atoms with Crippen molar-refractivity contribution in [3.8, 4) is 33.4 Å². The summed E-state index contributed by atoms with van der Waals surface area (Å²) in [7, 11) is 0. The Labute approximate surface area is 363 Å². The van der Waals surface area contributed by atoms with E-state index in [0.29, 0.717) is 0 Å². The first-order chi connectivity index (χ1) is 31.2. The summed E-state index contributed by atoms with van der Waals surface area (Å²) in [6.07, 6.45) is 0. The summed E-state index contributed by atoms with van der Waals surface area (Å²) >= 11 is 0. The van der Waals surface area contributed by atoms with Crippen molar-refractivity contribution >= 4 is 93.3 Å². The molecule has 0 radical (unpaired) electrons. The van der Waals surface area contributed by atoms with E-state index in [9.17, 15) is 0 Å². The van der Waals surface area contributed by atoms with Crippen LogP contribution in [-0.2, 0) is 0 Å². The molecule has 0 spiro atoms. The van der Waals surface area contributed by atoms with Gasteiger partial charge in [0.2, 0.25) is 0 Å².